The van der Waals surface area contributed by atoms with Crippen LogP contribution in [-0.4, -0.2) is 41.3 Å². The van der Waals surface area contributed by atoms with Gasteiger partial charge < -0.3 is 10.4 Å². The first-order valence-electron chi connectivity index (χ1n) is 6.92. The average Bonchev–Trinajstić information content (AvgIpc) is 2.37. The molecule has 0 spiro atoms. The van der Waals surface area contributed by atoms with E-state index in [1.807, 2.05) is 6.92 Å². The van der Waals surface area contributed by atoms with Gasteiger partial charge >= 0.3 is 12.1 Å². The van der Waals surface area contributed by atoms with E-state index in [1.54, 1.807) is 5.32 Å². The fourth-order valence-corrected chi connectivity index (χ4v) is 2.34. The molecule has 1 saturated carbocycles. The molecular weight excluding hydrogens is 289 g/mol. The molecule has 1 aliphatic carbocycles. The Morgan fingerprint density at radius 3 is 2.29 bits per heavy atom. The van der Waals surface area contributed by atoms with Crippen molar-refractivity contribution in [1.29, 1.82) is 0 Å². The van der Waals surface area contributed by atoms with Crippen molar-refractivity contribution in [3.05, 3.63) is 0 Å². The van der Waals surface area contributed by atoms with Gasteiger partial charge in [-0.3, -0.25) is 10.1 Å². The minimum absolute atomic E-state index is 0.0602. The Morgan fingerprint density at radius 1 is 1.24 bits per heavy atom. The van der Waals surface area contributed by atoms with Gasteiger partial charge in [-0.05, 0) is 25.7 Å². The highest BCUT2D eigenvalue weighted by molar-refractivity contribution is 5.82. The lowest BCUT2D eigenvalue weighted by Crippen LogP contribution is -2.62. The van der Waals surface area contributed by atoms with E-state index in [0.717, 1.165) is 25.7 Å². The molecule has 3 unspecified atom stereocenters. The molecule has 8 heteroatoms. The van der Waals surface area contributed by atoms with E-state index in [-0.39, 0.29) is 12.0 Å². The molecule has 0 radical (unpaired) electrons. The number of alkyl halides is 3. The Bertz CT molecular complexity index is 401. The van der Waals surface area contributed by atoms with Gasteiger partial charge in [0.05, 0.1) is 6.54 Å². The lowest BCUT2D eigenvalue weighted by Gasteiger charge is -2.31. The third kappa shape index (κ3) is 4.33. The number of carboxylic acids is 1. The van der Waals surface area contributed by atoms with Crippen molar-refractivity contribution >= 4 is 11.9 Å². The smallest absolute Gasteiger partial charge is 0.417 e. The molecule has 0 aromatic heterocycles. The molecule has 0 saturated heterocycles. The second kappa shape index (κ2) is 6.64. The first-order valence-corrected chi connectivity index (χ1v) is 6.92. The molecule has 0 aromatic carbocycles. The van der Waals surface area contributed by atoms with Crippen LogP contribution in [0.2, 0.25) is 0 Å². The normalized spacial score (nSPS) is 26.0. The molecule has 1 amide bonds. The second-order valence-corrected chi connectivity index (χ2v) is 5.72. The minimum atomic E-state index is -4.99. The third-order valence-electron chi connectivity index (χ3n) is 4.06. The van der Waals surface area contributed by atoms with E-state index < -0.39 is 30.1 Å². The van der Waals surface area contributed by atoms with Crippen molar-refractivity contribution in [2.24, 2.45) is 5.92 Å². The summed E-state index contributed by atoms with van der Waals surface area (Å²) < 4.78 is 38.3. The summed E-state index contributed by atoms with van der Waals surface area (Å²) in [4.78, 5) is 22.5. The summed E-state index contributed by atoms with van der Waals surface area (Å²) >= 11 is 0. The number of nitrogens with one attached hydrogen (secondary N) is 2. The number of rotatable bonds is 5. The Balaban J connectivity index is 2.56. The second-order valence-electron chi connectivity index (χ2n) is 5.72. The summed E-state index contributed by atoms with van der Waals surface area (Å²) in [5.41, 5.74) is -3.14. The molecular formula is C13H21F3N2O3. The summed E-state index contributed by atoms with van der Waals surface area (Å²) in [6, 6.07) is -0.0602. The number of hydrogen-bond acceptors (Lipinski definition) is 3. The van der Waals surface area contributed by atoms with E-state index in [1.165, 1.54) is 0 Å². The molecule has 0 bridgehead atoms. The van der Waals surface area contributed by atoms with Gasteiger partial charge in [0.2, 0.25) is 11.4 Å². The van der Waals surface area contributed by atoms with Crippen molar-refractivity contribution < 1.29 is 27.9 Å². The zero-order valence-electron chi connectivity index (χ0n) is 12.1. The number of carboxylic acid groups (broad SMARTS) is 1. The zero-order chi connectivity index (χ0) is 16.3. The molecule has 21 heavy (non-hydrogen) atoms. The van der Waals surface area contributed by atoms with E-state index in [9.17, 15) is 22.8 Å². The summed E-state index contributed by atoms with van der Waals surface area (Å²) in [5.74, 6) is -2.41. The molecule has 3 atom stereocenters. The van der Waals surface area contributed by atoms with Crippen LogP contribution in [0.5, 0.6) is 0 Å². The highest BCUT2D eigenvalue weighted by Crippen LogP contribution is 2.30. The van der Waals surface area contributed by atoms with E-state index in [2.05, 4.69) is 5.32 Å². The van der Waals surface area contributed by atoms with Crippen LogP contribution in [0.4, 0.5) is 13.2 Å². The van der Waals surface area contributed by atoms with Gasteiger partial charge in [0.15, 0.2) is 0 Å². The van der Waals surface area contributed by atoms with Crippen LogP contribution >= 0.6 is 0 Å². The van der Waals surface area contributed by atoms with Crippen LogP contribution in [0, 0.1) is 5.92 Å². The van der Waals surface area contributed by atoms with Crippen LogP contribution in [0.25, 0.3) is 0 Å². The standard InChI is InChI=1S/C13H21F3N2O3/c1-8-5-3-4-6-9(8)18-10(19)7-17-12(2,11(20)21)13(14,15)16/h8-9,17H,3-7H2,1-2H3,(H,18,19)(H,20,21). The quantitative estimate of drug-likeness (QED) is 0.722. The van der Waals surface area contributed by atoms with Crippen molar-refractivity contribution in [2.75, 3.05) is 6.54 Å². The largest absolute Gasteiger partial charge is 0.480 e. The number of aliphatic carboxylic acids is 1. The molecule has 1 rings (SSSR count). The number of carbonyl (C=O) groups excluding carboxylic acids is 1. The lowest BCUT2D eigenvalue weighted by molar-refractivity contribution is -0.205. The first kappa shape index (κ1) is 17.7. The molecule has 5 nitrogen and oxygen atoms in total. The molecule has 3 N–H and O–H groups in total. The van der Waals surface area contributed by atoms with Crippen LogP contribution in [0.3, 0.4) is 0 Å². The molecule has 0 heterocycles. The van der Waals surface area contributed by atoms with Gasteiger partial charge in [0.1, 0.15) is 0 Å². The maximum atomic E-state index is 12.8. The molecule has 1 aliphatic rings. The molecule has 122 valence electrons. The predicted octanol–water partition coefficient (Wildman–Crippen LogP) is 1.68. The van der Waals surface area contributed by atoms with Crippen molar-refractivity contribution in [2.45, 2.75) is 57.3 Å². The minimum Gasteiger partial charge on any atom is -0.480 e. The third-order valence-corrected chi connectivity index (χ3v) is 4.06. The topological polar surface area (TPSA) is 78.4 Å². The van der Waals surface area contributed by atoms with Crippen LogP contribution in [0.1, 0.15) is 39.5 Å². The van der Waals surface area contributed by atoms with Gasteiger partial charge in [-0.25, -0.2) is 4.79 Å². The van der Waals surface area contributed by atoms with Gasteiger partial charge in [0.25, 0.3) is 0 Å². The Labute approximate surface area is 121 Å². The first-order chi connectivity index (χ1) is 9.58. The SMILES string of the molecule is CC1CCCCC1NC(=O)CNC(C)(C(=O)O)C(F)(F)F. The monoisotopic (exact) mass is 310 g/mol. The Hall–Kier alpha value is -1.31. The van der Waals surface area contributed by atoms with Gasteiger partial charge in [-0.1, -0.05) is 19.8 Å². The summed E-state index contributed by atoms with van der Waals surface area (Å²) in [6.07, 6.45) is -1.18. The molecule has 0 aromatic rings. The highest BCUT2D eigenvalue weighted by atomic mass is 19.4. The summed E-state index contributed by atoms with van der Waals surface area (Å²) in [7, 11) is 0. The van der Waals surface area contributed by atoms with E-state index in [4.69, 9.17) is 5.11 Å². The zero-order valence-corrected chi connectivity index (χ0v) is 12.1. The van der Waals surface area contributed by atoms with E-state index in [0.29, 0.717) is 6.92 Å². The van der Waals surface area contributed by atoms with Crippen LogP contribution in [-0.2, 0) is 9.59 Å². The van der Waals surface area contributed by atoms with E-state index >= 15 is 0 Å². The number of amides is 1. The Morgan fingerprint density at radius 2 is 1.81 bits per heavy atom. The average molecular weight is 310 g/mol. The summed E-state index contributed by atoms with van der Waals surface area (Å²) in [6.45, 7) is 1.80. The molecule has 1 fully saturated rings. The summed E-state index contributed by atoms with van der Waals surface area (Å²) in [5, 5.41) is 13.2. The van der Waals surface area contributed by atoms with Crippen LogP contribution in [0.15, 0.2) is 0 Å². The highest BCUT2D eigenvalue weighted by Gasteiger charge is 2.57. The molecule has 0 aliphatic heterocycles. The maximum absolute atomic E-state index is 12.8. The fraction of sp³-hybridized carbons (Fsp3) is 0.846. The van der Waals surface area contributed by atoms with Gasteiger partial charge in [0, 0.05) is 6.04 Å². The Kier molecular flexibility index (Phi) is 5.61. The predicted molar refractivity (Wildman–Crippen MR) is 69.7 cm³/mol. The van der Waals surface area contributed by atoms with Gasteiger partial charge in [-0.15, -0.1) is 0 Å². The lowest BCUT2D eigenvalue weighted by atomic mass is 9.86. The number of halogens is 3. The number of hydrogen-bond donors (Lipinski definition) is 3. The number of carbonyl (C=O) groups is 2. The van der Waals surface area contributed by atoms with Gasteiger partial charge in [-0.2, -0.15) is 13.2 Å². The van der Waals surface area contributed by atoms with Crippen LogP contribution < -0.4 is 10.6 Å². The van der Waals surface area contributed by atoms with Crippen molar-refractivity contribution in [1.82, 2.24) is 10.6 Å². The van der Waals surface area contributed by atoms with Crippen molar-refractivity contribution in [3.8, 4) is 0 Å². The van der Waals surface area contributed by atoms with Crippen molar-refractivity contribution in [3.63, 3.8) is 0 Å². The maximum Gasteiger partial charge on any atom is 0.417 e. The fourth-order valence-electron chi connectivity index (χ4n) is 2.34.